The summed E-state index contributed by atoms with van der Waals surface area (Å²) in [7, 11) is -4.02. The predicted octanol–water partition coefficient (Wildman–Crippen LogP) is 6.12. The van der Waals surface area contributed by atoms with Crippen molar-refractivity contribution in [3.63, 3.8) is 0 Å². The summed E-state index contributed by atoms with van der Waals surface area (Å²) in [5.41, 5.74) is 2.93. The number of allylic oxidation sites excluding steroid dienone is 1. The molecule has 50 heavy (non-hydrogen) atoms. The number of rotatable bonds is 2. The number of nitrogens with zero attached hydrogens (tertiary/aromatic N) is 3. The minimum Gasteiger partial charge on any atom is -0.490 e. The summed E-state index contributed by atoms with van der Waals surface area (Å²) >= 11 is 6.45. The third-order valence-electron chi connectivity index (χ3n) is 11.7. The number of aliphatic hydroxyl groups is 1. The molecule has 2 aliphatic carbocycles. The lowest BCUT2D eigenvalue weighted by atomic mass is 9.62. The van der Waals surface area contributed by atoms with E-state index in [-0.39, 0.29) is 28.7 Å². The van der Waals surface area contributed by atoms with Crippen LogP contribution in [-0.4, -0.2) is 55.0 Å². The number of benzene rings is 2. The molecule has 1 saturated carbocycles. The molecule has 4 aliphatic rings. The van der Waals surface area contributed by atoms with Gasteiger partial charge >= 0.3 is 0 Å². The van der Waals surface area contributed by atoms with Crippen LogP contribution in [0.1, 0.15) is 78.7 Å². The van der Waals surface area contributed by atoms with Gasteiger partial charge in [-0.1, -0.05) is 36.7 Å². The average Bonchev–Trinajstić information content (AvgIpc) is 3.22. The van der Waals surface area contributed by atoms with Gasteiger partial charge in [-0.2, -0.15) is 5.26 Å². The number of hydrogen-bond acceptors (Lipinski definition) is 8. The fourth-order valence-electron chi connectivity index (χ4n) is 8.54. The molecule has 1 amide bonds. The molecular formula is C39H43ClN4O5S. The summed E-state index contributed by atoms with van der Waals surface area (Å²) in [4.78, 5) is 20.0. The first-order valence-electron chi connectivity index (χ1n) is 17.5. The zero-order chi connectivity index (χ0) is 35.3. The van der Waals surface area contributed by atoms with Crippen molar-refractivity contribution in [1.29, 1.82) is 5.26 Å². The molecule has 1 spiro atoms. The maximum atomic E-state index is 13.5. The molecule has 2 N–H and O–H groups in total. The number of carbonyl (C=O) groups excluding carboxylic acids is 1. The van der Waals surface area contributed by atoms with Crippen molar-refractivity contribution >= 4 is 33.2 Å². The molecule has 11 heteroatoms. The van der Waals surface area contributed by atoms with Crippen molar-refractivity contribution in [3.8, 4) is 11.8 Å². The molecule has 7 rings (SSSR count). The highest BCUT2D eigenvalue weighted by Crippen LogP contribution is 2.49. The summed E-state index contributed by atoms with van der Waals surface area (Å²) < 4.78 is 35.9. The Morgan fingerprint density at radius 3 is 2.78 bits per heavy atom. The number of fused-ring (bicyclic) bond motifs is 4. The van der Waals surface area contributed by atoms with Crippen LogP contribution in [-0.2, 0) is 28.3 Å². The quantitative estimate of drug-likeness (QED) is 0.304. The highest BCUT2D eigenvalue weighted by Gasteiger charge is 2.48. The van der Waals surface area contributed by atoms with Gasteiger partial charge in [-0.05, 0) is 122 Å². The van der Waals surface area contributed by atoms with Gasteiger partial charge in [0.2, 0.25) is 10.0 Å². The van der Waals surface area contributed by atoms with Crippen LogP contribution in [0, 0.1) is 29.1 Å². The minimum absolute atomic E-state index is 0.102. The lowest BCUT2D eigenvalue weighted by Gasteiger charge is -2.49. The molecule has 0 saturated heterocycles. The molecular weight excluding hydrogens is 672 g/mol. The van der Waals surface area contributed by atoms with Crippen LogP contribution in [0.4, 0.5) is 5.69 Å². The van der Waals surface area contributed by atoms with Crippen LogP contribution < -0.4 is 14.4 Å². The minimum atomic E-state index is -4.02. The van der Waals surface area contributed by atoms with Gasteiger partial charge in [0.05, 0.1) is 23.1 Å². The van der Waals surface area contributed by atoms with E-state index in [2.05, 4.69) is 32.8 Å². The maximum Gasteiger partial charge on any atom is 0.264 e. The smallest absolute Gasteiger partial charge is 0.264 e. The number of nitriles is 1. The first-order valence-corrected chi connectivity index (χ1v) is 19.4. The molecule has 6 atom stereocenters. The van der Waals surface area contributed by atoms with Gasteiger partial charge in [-0.3, -0.25) is 4.79 Å². The SMILES string of the molecule is C[C@@H]1[C@@H](C)C/C=C/[C@](O)(Cc2ccnc(C#N)c2)[C@@H]2CC[C@H]2CN2C[C@@]3(CCCc4cc(Cl)ccc43)COc3ccc(cc32)C(=O)NS1(=O)=O. The zero-order valence-corrected chi connectivity index (χ0v) is 30.0. The number of pyridine rings is 1. The normalized spacial score (nSPS) is 31.1. The molecule has 0 unspecified atom stereocenters. The summed E-state index contributed by atoms with van der Waals surface area (Å²) in [6, 6.07) is 16.9. The number of anilines is 1. The van der Waals surface area contributed by atoms with Crippen LogP contribution in [0.5, 0.6) is 5.75 Å². The van der Waals surface area contributed by atoms with Crippen LogP contribution >= 0.6 is 11.6 Å². The van der Waals surface area contributed by atoms with E-state index in [1.807, 2.05) is 31.2 Å². The maximum absolute atomic E-state index is 13.5. The number of aryl methyl sites for hydroxylation is 1. The lowest BCUT2D eigenvalue weighted by Crippen LogP contribution is -2.53. The monoisotopic (exact) mass is 714 g/mol. The van der Waals surface area contributed by atoms with Crippen molar-refractivity contribution in [1.82, 2.24) is 9.71 Å². The van der Waals surface area contributed by atoms with Gasteiger partial charge in [-0.25, -0.2) is 18.1 Å². The molecule has 1 fully saturated rings. The molecule has 9 nitrogen and oxygen atoms in total. The highest BCUT2D eigenvalue weighted by molar-refractivity contribution is 7.90. The van der Waals surface area contributed by atoms with Gasteiger partial charge in [0.15, 0.2) is 0 Å². The van der Waals surface area contributed by atoms with Gasteiger partial charge in [-0.15, -0.1) is 0 Å². The second-order valence-corrected chi connectivity index (χ2v) is 17.3. The summed E-state index contributed by atoms with van der Waals surface area (Å²) in [5.74, 6) is -0.361. The van der Waals surface area contributed by atoms with Crippen molar-refractivity contribution in [3.05, 3.63) is 99.9 Å². The summed E-state index contributed by atoms with van der Waals surface area (Å²) in [6.45, 7) is 5.12. The molecule has 262 valence electrons. The number of carbonyl (C=O) groups is 1. The van der Waals surface area contributed by atoms with Crippen molar-refractivity contribution in [2.75, 3.05) is 24.6 Å². The first kappa shape index (κ1) is 34.5. The topological polar surface area (TPSA) is 133 Å². The highest BCUT2D eigenvalue weighted by atomic mass is 35.5. The average molecular weight is 715 g/mol. The fourth-order valence-corrected chi connectivity index (χ4v) is 10.0. The summed E-state index contributed by atoms with van der Waals surface area (Å²) in [6.07, 6.45) is 10.6. The van der Waals surface area contributed by atoms with E-state index in [0.29, 0.717) is 49.0 Å². The molecule has 0 radical (unpaired) electrons. The van der Waals surface area contributed by atoms with E-state index in [4.69, 9.17) is 16.3 Å². The van der Waals surface area contributed by atoms with E-state index in [1.54, 1.807) is 37.4 Å². The number of ether oxygens (including phenoxy) is 1. The second kappa shape index (κ2) is 13.3. The Morgan fingerprint density at radius 1 is 1.16 bits per heavy atom. The molecule has 3 heterocycles. The van der Waals surface area contributed by atoms with Crippen LogP contribution in [0.15, 0.2) is 66.9 Å². The van der Waals surface area contributed by atoms with Crippen molar-refractivity contribution in [2.45, 2.75) is 75.1 Å². The third-order valence-corrected chi connectivity index (χ3v) is 13.8. The van der Waals surface area contributed by atoms with Crippen LogP contribution in [0.25, 0.3) is 0 Å². The van der Waals surface area contributed by atoms with E-state index < -0.39 is 26.8 Å². The van der Waals surface area contributed by atoms with E-state index in [9.17, 15) is 23.6 Å². The third kappa shape index (κ3) is 6.52. The Bertz CT molecular complexity index is 2000. The largest absolute Gasteiger partial charge is 0.490 e. The van der Waals surface area contributed by atoms with Crippen LogP contribution in [0.2, 0.25) is 5.02 Å². The van der Waals surface area contributed by atoms with Crippen molar-refractivity contribution in [2.24, 2.45) is 17.8 Å². The number of amides is 1. The van der Waals surface area contributed by atoms with E-state index >= 15 is 0 Å². The van der Waals surface area contributed by atoms with Crippen molar-refractivity contribution < 1.29 is 23.1 Å². The number of aromatic nitrogens is 1. The number of nitrogens with one attached hydrogen (secondary N) is 1. The Hall–Kier alpha value is -3.91. The number of halogens is 1. The van der Waals surface area contributed by atoms with Gasteiger partial charge in [0.25, 0.3) is 5.91 Å². The lowest BCUT2D eigenvalue weighted by molar-refractivity contribution is -0.0447. The first-order chi connectivity index (χ1) is 23.9. The Morgan fingerprint density at radius 2 is 2.00 bits per heavy atom. The van der Waals surface area contributed by atoms with Gasteiger partial charge in [0.1, 0.15) is 17.5 Å². The predicted molar refractivity (Wildman–Crippen MR) is 193 cm³/mol. The van der Waals surface area contributed by atoms with E-state index in [0.717, 1.165) is 43.4 Å². The standard InChI is InChI=1S/C39H43ClN4O5S/c1-25-5-3-15-39(46,20-27-13-16-42-32(17-27)21-41)34-10-7-30(34)22-44-23-38(14-4-6-28-18-31(40)9-11-33(28)38)24-49-36-12-8-29(19-35(36)44)37(45)43-50(47,48)26(25)2/h3,8-9,11-13,15-19,25-26,30,34,46H,4-7,10,14,20,22-24H2,1-2H3,(H,43,45)/b15-3+/t25-,26+,30-,34+,38-,39-/m0/s1. The van der Waals surface area contributed by atoms with Gasteiger partial charge in [0, 0.05) is 41.7 Å². The number of sulfonamides is 1. The zero-order valence-electron chi connectivity index (χ0n) is 28.4. The Kier molecular flexibility index (Phi) is 9.21. The molecule has 2 aromatic carbocycles. The molecule has 1 aromatic heterocycles. The fraction of sp³-hybridized carbons (Fsp3) is 0.462. The number of hydrogen-bond donors (Lipinski definition) is 2. The van der Waals surface area contributed by atoms with Gasteiger partial charge < -0.3 is 14.7 Å². The molecule has 2 aliphatic heterocycles. The molecule has 3 aromatic rings. The Balaban J connectivity index is 1.32. The van der Waals surface area contributed by atoms with Crippen LogP contribution in [0.3, 0.4) is 0 Å². The molecule has 2 bridgehead atoms. The summed E-state index contributed by atoms with van der Waals surface area (Å²) in [5, 5.41) is 21.9. The van der Waals surface area contributed by atoms with E-state index in [1.165, 1.54) is 11.1 Å². The second-order valence-electron chi connectivity index (χ2n) is 14.9. The Labute approximate surface area is 299 Å².